The van der Waals surface area contributed by atoms with Gasteiger partial charge in [-0.2, -0.15) is 22.8 Å². The number of pyridine rings is 1. The van der Waals surface area contributed by atoms with Crippen molar-refractivity contribution in [3.63, 3.8) is 0 Å². The Hall–Kier alpha value is -3.04. The number of piperidine rings is 1. The van der Waals surface area contributed by atoms with Crippen molar-refractivity contribution >= 4 is 11.6 Å². The molecule has 7 nitrogen and oxygen atoms in total. The van der Waals surface area contributed by atoms with Crippen LogP contribution in [0.1, 0.15) is 67.1 Å². The lowest BCUT2D eigenvalue weighted by molar-refractivity contribution is -0.141. The van der Waals surface area contributed by atoms with Gasteiger partial charge in [0.25, 0.3) is 5.91 Å². The van der Waals surface area contributed by atoms with Gasteiger partial charge in [0, 0.05) is 30.6 Å². The Bertz CT molecular complexity index is 1090. The van der Waals surface area contributed by atoms with Crippen LogP contribution < -0.4 is 0 Å². The minimum Gasteiger partial charge on any atom is -0.339 e. The molecule has 0 N–H and O–H groups in total. The standard InChI is InChI=1S/C21H23F3N6O/c1-20(2,3)15-6-7-17-26-27-18(30(17)28-15)13-8-10-29(11-9-13)19(31)14-4-5-16(25-12-14)21(22,23)24/h4-7,12-13H,8-11H2,1-3H3. The number of carbonyl (C=O) groups excluding carboxylic acids is 1. The lowest BCUT2D eigenvalue weighted by atomic mass is 9.92. The highest BCUT2D eigenvalue weighted by Gasteiger charge is 2.33. The van der Waals surface area contributed by atoms with E-state index in [-0.39, 0.29) is 22.8 Å². The minimum absolute atomic E-state index is 0.0903. The maximum atomic E-state index is 12.7. The second-order valence-electron chi connectivity index (χ2n) is 8.79. The highest BCUT2D eigenvalue weighted by atomic mass is 19.4. The molecule has 3 aromatic rings. The van der Waals surface area contributed by atoms with E-state index in [9.17, 15) is 18.0 Å². The molecule has 1 aliphatic rings. The molecule has 1 fully saturated rings. The van der Waals surface area contributed by atoms with Crippen LogP contribution in [0.3, 0.4) is 0 Å². The quantitative estimate of drug-likeness (QED) is 0.615. The Labute approximate surface area is 177 Å². The summed E-state index contributed by atoms with van der Waals surface area (Å²) < 4.78 is 39.8. The SMILES string of the molecule is CC(C)(C)c1ccc2nnc(C3CCN(C(=O)c4ccc(C(F)(F)F)nc4)CC3)n2n1. The molecular formula is C21H23F3N6O. The zero-order valence-corrected chi connectivity index (χ0v) is 17.5. The van der Waals surface area contributed by atoms with Crippen LogP contribution in [0.2, 0.25) is 0 Å². The molecule has 164 valence electrons. The van der Waals surface area contributed by atoms with Crippen LogP contribution in [0, 0.1) is 0 Å². The number of alkyl halides is 3. The fraction of sp³-hybridized carbons (Fsp3) is 0.476. The summed E-state index contributed by atoms with van der Waals surface area (Å²) in [5, 5.41) is 13.3. The van der Waals surface area contributed by atoms with E-state index in [0.717, 1.165) is 23.8 Å². The van der Waals surface area contributed by atoms with Gasteiger partial charge in [0.15, 0.2) is 11.5 Å². The van der Waals surface area contributed by atoms with E-state index in [1.54, 1.807) is 9.42 Å². The average Bonchev–Trinajstić information content (AvgIpc) is 3.15. The molecule has 10 heteroatoms. The van der Waals surface area contributed by atoms with E-state index >= 15 is 0 Å². The fourth-order valence-corrected chi connectivity index (χ4v) is 3.67. The molecule has 0 aliphatic carbocycles. The van der Waals surface area contributed by atoms with Gasteiger partial charge in [0.05, 0.1) is 11.3 Å². The first-order valence-corrected chi connectivity index (χ1v) is 10.1. The van der Waals surface area contributed by atoms with Gasteiger partial charge >= 0.3 is 6.18 Å². The maximum absolute atomic E-state index is 12.7. The van der Waals surface area contributed by atoms with Crippen LogP contribution in [0.4, 0.5) is 13.2 Å². The average molecular weight is 432 g/mol. The number of nitrogens with zero attached hydrogens (tertiary/aromatic N) is 6. The summed E-state index contributed by atoms with van der Waals surface area (Å²) in [6, 6.07) is 5.86. The molecule has 1 saturated heterocycles. The van der Waals surface area contributed by atoms with Gasteiger partial charge < -0.3 is 4.90 Å². The molecule has 0 bridgehead atoms. The van der Waals surface area contributed by atoms with Gasteiger partial charge in [-0.1, -0.05) is 20.8 Å². The highest BCUT2D eigenvalue weighted by Crippen LogP contribution is 2.30. The Morgan fingerprint density at radius 2 is 1.68 bits per heavy atom. The number of rotatable bonds is 2. The normalized spacial score (nSPS) is 16.1. The summed E-state index contributed by atoms with van der Waals surface area (Å²) in [6.45, 7) is 7.21. The first kappa shape index (κ1) is 21.2. The smallest absolute Gasteiger partial charge is 0.339 e. The lowest BCUT2D eigenvalue weighted by Crippen LogP contribution is -2.38. The first-order chi connectivity index (χ1) is 14.5. The van der Waals surface area contributed by atoms with Crippen LogP contribution >= 0.6 is 0 Å². The number of carbonyl (C=O) groups is 1. The Morgan fingerprint density at radius 3 is 2.26 bits per heavy atom. The highest BCUT2D eigenvalue weighted by molar-refractivity contribution is 5.94. The van der Waals surface area contributed by atoms with Gasteiger partial charge in [-0.15, -0.1) is 10.2 Å². The molecular weight excluding hydrogens is 409 g/mol. The molecule has 0 saturated carbocycles. The topological polar surface area (TPSA) is 76.3 Å². The number of hydrogen-bond acceptors (Lipinski definition) is 5. The summed E-state index contributed by atoms with van der Waals surface area (Å²) in [4.78, 5) is 17.7. The Balaban J connectivity index is 1.47. The van der Waals surface area contributed by atoms with Gasteiger partial charge in [-0.05, 0) is 37.1 Å². The summed E-state index contributed by atoms with van der Waals surface area (Å²) in [5.41, 5.74) is 0.640. The largest absolute Gasteiger partial charge is 0.433 e. The van der Waals surface area contributed by atoms with E-state index in [0.29, 0.717) is 31.6 Å². The van der Waals surface area contributed by atoms with E-state index in [2.05, 4.69) is 36.0 Å². The third-order valence-corrected chi connectivity index (χ3v) is 5.50. The van der Waals surface area contributed by atoms with Gasteiger partial charge in [0.1, 0.15) is 5.69 Å². The van der Waals surface area contributed by atoms with Gasteiger partial charge in [0.2, 0.25) is 0 Å². The molecule has 3 aromatic heterocycles. The number of halogens is 3. The number of amides is 1. The van der Waals surface area contributed by atoms with Crippen molar-refractivity contribution in [2.45, 2.75) is 51.1 Å². The maximum Gasteiger partial charge on any atom is 0.433 e. The van der Waals surface area contributed by atoms with Crippen LogP contribution in [0.15, 0.2) is 30.5 Å². The molecule has 1 aliphatic heterocycles. The number of hydrogen-bond donors (Lipinski definition) is 0. The molecule has 31 heavy (non-hydrogen) atoms. The molecule has 4 heterocycles. The second-order valence-corrected chi connectivity index (χ2v) is 8.79. The van der Waals surface area contributed by atoms with Crippen molar-refractivity contribution in [3.05, 3.63) is 53.2 Å². The van der Waals surface area contributed by atoms with E-state index in [4.69, 9.17) is 5.10 Å². The van der Waals surface area contributed by atoms with Crippen LogP contribution in [-0.4, -0.2) is 48.7 Å². The third-order valence-electron chi connectivity index (χ3n) is 5.50. The van der Waals surface area contributed by atoms with E-state index in [1.165, 1.54) is 6.07 Å². The molecule has 1 amide bonds. The Morgan fingerprint density at radius 1 is 1.00 bits per heavy atom. The van der Waals surface area contributed by atoms with Gasteiger partial charge in [-0.25, -0.2) is 0 Å². The molecule has 0 spiro atoms. The van der Waals surface area contributed by atoms with E-state index < -0.39 is 11.9 Å². The monoisotopic (exact) mass is 432 g/mol. The van der Waals surface area contributed by atoms with Crippen LogP contribution in [-0.2, 0) is 11.6 Å². The number of aromatic nitrogens is 5. The molecule has 0 aromatic carbocycles. The van der Waals surface area contributed by atoms with Crippen molar-refractivity contribution in [1.82, 2.24) is 29.7 Å². The predicted octanol–water partition coefficient (Wildman–Crippen LogP) is 3.86. The minimum atomic E-state index is -4.53. The number of fused-ring (bicyclic) bond motifs is 1. The summed E-state index contributed by atoms with van der Waals surface area (Å²) in [5.74, 6) is 0.538. The van der Waals surface area contributed by atoms with Crippen molar-refractivity contribution in [3.8, 4) is 0 Å². The zero-order valence-electron chi connectivity index (χ0n) is 17.5. The zero-order chi connectivity index (χ0) is 22.4. The van der Waals surface area contributed by atoms with Crippen molar-refractivity contribution < 1.29 is 18.0 Å². The fourth-order valence-electron chi connectivity index (χ4n) is 3.67. The van der Waals surface area contributed by atoms with Crippen molar-refractivity contribution in [2.24, 2.45) is 0 Å². The first-order valence-electron chi connectivity index (χ1n) is 10.1. The van der Waals surface area contributed by atoms with Crippen molar-refractivity contribution in [1.29, 1.82) is 0 Å². The van der Waals surface area contributed by atoms with Crippen LogP contribution in [0.5, 0.6) is 0 Å². The predicted molar refractivity (Wildman–Crippen MR) is 107 cm³/mol. The lowest BCUT2D eigenvalue weighted by Gasteiger charge is -2.31. The summed E-state index contributed by atoms with van der Waals surface area (Å²) >= 11 is 0. The second kappa shape index (κ2) is 7.58. The Kier molecular flexibility index (Phi) is 5.18. The van der Waals surface area contributed by atoms with Crippen molar-refractivity contribution in [2.75, 3.05) is 13.1 Å². The summed E-state index contributed by atoms with van der Waals surface area (Å²) in [7, 11) is 0. The van der Waals surface area contributed by atoms with Crippen LogP contribution in [0.25, 0.3) is 5.65 Å². The molecule has 0 radical (unpaired) electrons. The molecule has 4 rings (SSSR count). The summed E-state index contributed by atoms with van der Waals surface area (Å²) in [6.07, 6.45) is -2.20. The third kappa shape index (κ3) is 4.24. The van der Waals surface area contributed by atoms with Gasteiger partial charge in [-0.3, -0.25) is 9.78 Å². The molecule has 0 unspecified atom stereocenters. The number of likely N-dealkylation sites (tertiary alicyclic amines) is 1. The molecule has 0 atom stereocenters. The van der Waals surface area contributed by atoms with E-state index in [1.807, 2.05) is 12.1 Å².